The zero-order chi connectivity index (χ0) is 55.3. The fraction of sp³-hybridized carbons (Fsp3) is 0.404. The minimum atomic E-state index is -4.02. The molecule has 8 aromatic rings. The molecule has 0 N–H and O–H groups in total. The number of halogens is 2. The van der Waals surface area contributed by atoms with Crippen molar-refractivity contribution in [2.24, 2.45) is 0 Å². The molecule has 3 aliphatic rings. The predicted octanol–water partition coefficient (Wildman–Crippen LogP) is 8.02. The summed E-state index contributed by atoms with van der Waals surface area (Å²) < 4.78 is 100.0. The molecule has 1 amide bonds. The molecule has 3 saturated heterocycles. The van der Waals surface area contributed by atoms with E-state index < -0.39 is 42.7 Å². The molecule has 3 aliphatic heterocycles. The normalized spacial score (nSPS) is 17.3. The zero-order valence-corrected chi connectivity index (χ0v) is 46.1. The summed E-state index contributed by atoms with van der Waals surface area (Å²) in [4.78, 5) is 30.7. The third-order valence-electron chi connectivity index (χ3n) is 16.3. The number of likely N-dealkylation sites (tertiary alicyclic amines) is 1. The number of carbonyl (C=O) groups excluding carboxylic acids is 2. The lowest BCUT2D eigenvalue weighted by atomic mass is 9.70. The molecule has 22 heteroatoms. The molecule has 0 saturated carbocycles. The Kier molecular flexibility index (Phi) is 14.6. The number of sulfonamides is 2. The lowest BCUT2D eigenvalue weighted by Gasteiger charge is -2.43. The van der Waals surface area contributed by atoms with Crippen molar-refractivity contribution in [2.45, 2.75) is 112 Å². The van der Waals surface area contributed by atoms with Crippen LogP contribution in [0.4, 0.5) is 8.78 Å². The van der Waals surface area contributed by atoms with E-state index in [0.29, 0.717) is 74.4 Å². The van der Waals surface area contributed by atoms with Crippen LogP contribution in [0.3, 0.4) is 0 Å². The van der Waals surface area contributed by atoms with Crippen LogP contribution in [0.1, 0.15) is 87.5 Å². The maximum Gasteiger partial charge on any atom is 0.316 e. The first-order valence-electron chi connectivity index (χ1n) is 27.1. The molecule has 0 atom stereocenters. The third-order valence-corrected chi connectivity index (χ3v) is 20.0. The van der Waals surface area contributed by atoms with Crippen molar-refractivity contribution in [3.8, 4) is 11.4 Å². The van der Waals surface area contributed by atoms with E-state index in [4.69, 9.17) is 9.84 Å². The Balaban J connectivity index is 0.779. The van der Waals surface area contributed by atoms with Gasteiger partial charge >= 0.3 is 5.97 Å². The van der Waals surface area contributed by atoms with Gasteiger partial charge in [-0.25, -0.2) is 35.0 Å². The molecular formula is C57H63F2N11O7S2. The maximum atomic E-state index is 15.1. The minimum absolute atomic E-state index is 0.0149. The van der Waals surface area contributed by atoms with Crippen LogP contribution in [0, 0.1) is 18.6 Å². The van der Waals surface area contributed by atoms with Crippen molar-refractivity contribution in [2.75, 3.05) is 45.9 Å². The molecule has 79 heavy (non-hydrogen) atoms. The summed E-state index contributed by atoms with van der Waals surface area (Å²) in [5.41, 5.74) is 3.88. The van der Waals surface area contributed by atoms with Crippen molar-refractivity contribution in [3.05, 3.63) is 144 Å². The Bertz CT molecular complexity index is 3810. The number of fused-ring (bicyclic) bond motifs is 2. The average molecular weight is 1120 g/mol. The third kappa shape index (κ3) is 9.94. The monoisotopic (exact) mass is 1120 g/mol. The molecule has 0 bridgehead atoms. The van der Waals surface area contributed by atoms with E-state index in [2.05, 4.69) is 15.3 Å². The van der Waals surface area contributed by atoms with Crippen molar-refractivity contribution in [1.29, 1.82) is 0 Å². The van der Waals surface area contributed by atoms with Gasteiger partial charge in [-0.15, -0.1) is 0 Å². The molecule has 0 aliphatic carbocycles. The van der Waals surface area contributed by atoms with Gasteiger partial charge in [0.15, 0.2) is 0 Å². The number of ether oxygens (including phenoxy) is 1. The van der Waals surface area contributed by atoms with E-state index in [-0.39, 0.29) is 67.1 Å². The molecule has 4 aromatic carbocycles. The number of piperidine rings is 2. The highest BCUT2D eigenvalue weighted by Gasteiger charge is 2.49. The van der Waals surface area contributed by atoms with Crippen LogP contribution in [0.25, 0.3) is 33.2 Å². The van der Waals surface area contributed by atoms with E-state index in [0.717, 1.165) is 52.2 Å². The number of hydrogen-bond donors (Lipinski definition) is 0. The molecule has 0 unspecified atom stereocenters. The van der Waals surface area contributed by atoms with Crippen molar-refractivity contribution >= 4 is 53.7 Å². The Morgan fingerprint density at radius 3 is 1.86 bits per heavy atom. The van der Waals surface area contributed by atoms with Gasteiger partial charge in [0.25, 0.3) is 0 Å². The lowest BCUT2D eigenvalue weighted by Crippen LogP contribution is -2.53. The number of esters is 1. The van der Waals surface area contributed by atoms with Crippen LogP contribution in [-0.4, -0.2) is 127 Å². The summed E-state index contributed by atoms with van der Waals surface area (Å²) in [5, 5.41) is 19.5. The van der Waals surface area contributed by atoms with Gasteiger partial charge in [0.2, 0.25) is 26.0 Å². The highest BCUT2D eigenvalue weighted by Crippen LogP contribution is 2.44. The first kappa shape index (κ1) is 53.8. The molecule has 7 heterocycles. The Hall–Kier alpha value is -7.14. The predicted molar refractivity (Wildman–Crippen MR) is 292 cm³/mol. The maximum absolute atomic E-state index is 15.1. The number of aromatic nitrogens is 8. The average Bonchev–Trinajstić information content (AvgIpc) is 4.54. The smallest absolute Gasteiger partial charge is 0.316 e. The number of carbonyl (C=O) groups is 2. The summed E-state index contributed by atoms with van der Waals surface area (Å²) >= 11 is 0. The molecule has 3 fully saturated rings. The molecule has 414 valence electrons. The van der Waals surface area contributed by atoms with Crippen molar-refractivity contribution in [3.63, 3.8) is 0 Å². The summed E-state index contributed by atoms with van der Waals surface area (Å²) in [6.07, 6.45) is 13.7. The van der Waals surface area contributed by atoms with Gasteiger partial charge in [-0.1, -0.05) is 13.0 Å². The largest absolute Gasteiger partial charge is 0.465 e. The standard InChI is InChI=1S/C57H63F2N11O7S2/c1-4-22-65-38-48(36-60-65)78(73,74)68-28-20-57(21-29-68,54(71)64-23-6-7-24-64)50-33-43-35-63-70(53(43)30-40(50)3)51-17-13-46(59)32-41(51)9-8-25-66-39-49(37-61-66)79(75,76)67-26-18-56(19-27-67,55(72)77-5-2)44-10-16-52-42(31-44)34-62-69(52)47-14-11-45(58)12-15-47/h10-17,30-39H,4-9,18-29H2,1-3H3. The number of rotatable bonds is 17. The topological polar surface area (TPSA) is 193 Å². The highest BCUT2D eigenvalue weighted by molar-refractivity contribution is 7.89. The second-order valence-electron chi connectivity index (χ2n) is 21.0. The van der Waals surface area contributed by atoms with Gasteiger partial charge in [0, 0.05) is 75.5 Å². The SMILES string of the molecule is CCCn1cc(S(=O)(=O)N2CCC(C(=O)N3CCCC3)(c3cc4cnn(-c5ccc(F)cc5CCCn5cc(S(=O)(=O)N6CCC(C(=O)OCC)(c7ccc8c(cnn8-c8ccc(F)cc8)c7)CC6)cn5)c4cc3C)CC2)cn1. The van der Waals surface area contributed by atoms with E-state index in [1.54, 1.807) is 62.4 Å². The number of amides is 1. The number of hydrogen-bond acceptors (Lipinski definition) is 11. The zero-order valence-electron chi connectivity index (χ0n) is 44.5. The van der Waals surface area contributed by atoms with Gasteiger partial charge < -0.3 is 9.64 Å². The second kappa shape index (κ2) is 21.5. The minimum Gasteiger partial charge on any atom is -0.465 e. The van der Waals surface area contributed by atoms with Gasteiger partial charge in [0.05, 0.1) is 64.6 Å². The second-order valence-corrected chi connectivity index (χ2v) is 24.9. The molecule has 0 spiro atoms. The first-order valence-corrected chi connectivity index (χ1v) is 30.0. The Morgan fingerprint density at radius 2 is 1.23 bits per heavy atom. The molecule has 4 aromatic heterocycles. The number of nitrogens with zero attached hydrogens (tertiary/aromatic N) is 11. The summed E-state index contributed by atoms with van der Waals surface area (Å²) in [7, 11) is -7.85. The molecule has 18 nitrogen and oxygen atoms in total. The van der Waals surface area contributed by atoms with E-state index in [1.165, 1.54) is 51.5 Å². The van der Waals surface area contributed by atoms with E-state index >= 15 is 4.39 Å². The molecule has 11 rings (SSSR count). The quantitative estimate of drug-likeness (QED) is 0.0802. The molecular weight excluding hydrogens is 1050 g/mol. The van der Waals surface area contributed by atoms with E-state index in [1.807, 2.05) is 49.1 Å². The first-order chi connectivity index (χ1) is 38.0. The van der Waals surface area contributed by atoms with E-state index in [9.17, 15) is 30.8 Å². The fourth-order valence-corrected chi connectivity index (χ4v) is 14.8. The van der Waals surface area contributed by atoms with Crippen LogP contribution < -0.4 is 0 Å². The van der Waals surface area contributed by atoms with Crippen LogP contribution in [0.15, 0.2) is 120 Å². The molecule has 0 radical (unpaired) electrons. The van der Waals surface area contributed by atoms with Gasteiger partial charge in [-0.3, -0.25) is 19.0 Å². The van der Waals surface area contributed by atoms with Crippen molar-refractivity contribution in [1.82, 2.24) is 52.6 Å². The Morgan fingerprint density at radius 1 is 0.633 bits per heavy atom. The van der Waals surface area contributed by atoms with Crippen LogP contribution in [-0.2, 0) is 64.7 Å². The van der Waals surface area contributed by atoms with Gasteiger partial charge in [-0.2, -0.15) is 29.0 Å². The summed E-state index contributed by atoms with van der Waals surface area (Å²) in [5.74, 6) is -1.19. The van der Waals surface area contributed by atoms with Crippen LogP contribution >= 0.6 is 0 Å². The summed E-state index contributed by atoms with van der Waals surface area (Å²) in [6, 6.07) is 20.2. The summed E-state index contributed by atoms with van der Waals surface area (Å²) in [6.45, 7) is 8.57. The van der Waals surface area contributed by atoms with Gasteiger partial charge in [0.1, 0.15) is 21.4 Å². The van der Waals surface area contributed by atoms with Gasteiger partial charge in [-0.05, 0) is 161 Å². The van der Waals surface area contributed by atoms with Crippen LogP contribution in [0.5, 0.6) is 0 Å². The van der Waals surface area contributed by atoms with Crippen molar-refractivity contribution < 1.29 is 39.9 Å². The number of benzene rings is 4. The Labute approximate surface area is 457 Å². The fourth-order valence-electron chi connectivity index (χ4n) is 12.0. The lowest BCUT2D eigenvalue weighted by molar-refractivity contribution is -0.152. The van der Waals surface area contributed by atoms with Crippen LogP contribution in [0.2, 0.25) is 0 Å². The highest BCUT2D eigenvalue weighted by atomic mass is 32.2. The number of aryl methyl sites for hydroxylation is 4.